The summed E-state index contributed by atoms with van der Waals surface area (Å²) in [5.74, 6) is -3.13. The average molecular weight is 356 g/mol. The number of hydrogen-bond acceptors (Lipinski definition) is 4. The van der Waals surface area contributed by atoms with Crippen molar-refractivity contribution in [1.82, 2.24) is 0 Å². The number of carbonyl (C=O) groups excluding carboxylic acids is 1. The van der Waals surface area contributed by atoms with Crippen molar-refractivity contribution >= 4 is 29.2 Å². The fourth-order valence-electron chi connectivity index (χ4n) is 1.71. The molecule has 1 aromatic carbocycles. The van der Waals surface area contributed by atoms with Crippen molar-refractivity contribution in [2.75, 3.05) is 17.3 Å². The van der Waals surface area contributed by atoms with E-state index in [2.05, 4.69) is 0 Å². The number of halogens is 4. The number of aliphatic carboxylic acids is 1. The van der Waals surface area contributed by atoms with Crippen LogP contribution in [-0.2, 0) is 15.8 Å². The fourth-order valence-corrected chi connectivity index (χ4v) is 1.88. The zero-order chi connectivity index (χ0) is 17.8. The van der Waals surface area contributed by atoms with E-state index >= 15 is 0 Å². The van der Waals surface area contributed by atoms with Crippen LogP contribution in [0.2, 0.25) is 0 Å². The second-order valence-corrected chi connectivity index (χ2v) is 4.83. The Balaban J connectivity index is 3.06. The lowest BCUT2D eigenvalue weighted by atomic mass is 10.1. The molecule has 0 fully saturated rings. The molecule has 0 aromatic heterocycles. The highest BCUT2D eigenvalue weighted by molar-refractivity contribution is 6.18. The first kappa shape index (κ1) is 19.2. The van der Waals surface area contributed by atoms with Gasteiger partial charge in [0, 0.05) is 18.1 Å². The molecule has 0 unspecified atom stereocenters. The molecular weight excluding hydrogens is 343 g/mol. The molecule has 1 aromatic rings. The number of rotatable bonds is 6. The van der Waals surface area contributed by atoms with E-state index in [9.17, 15) is 33.0 Å². The lowest BCUT2D eigenvalue weighted by molar-refractivity contribution is -0.157. The van der Waals surface area contributed by atoms with Crippen LogP contribution in [0.15, 0.2) is 24.3 Å². The van der Waals surface area contributed by atoms with Crippen molar-refractivity contribution in [2.45, 2.75) is 18.4 Å². The number of carbonyl (C=O) groups is 2. The average Bonchev–Trinajstić information content (AvgIpc) is 2.49. The van der Waals surface area contributed by atoms with E-state index < -0.39 is 35.8 Å². The maximum Gasteiger partial charge on any atom is 0.416 e. The SMILES string of the molecule is O=C(O)[C@H](O)[C@@H](O)C(=O)N(CCCl)c1ccc(C(F)(F)F)cc1. The van der Waals surface area contributed by atoms with Gasteiger partial charge in [0.05, 0.1) is 5.56 Å². The monoisotopic (exact) mass is 355 g/mol. The molecule has 3 N–H and O–H groups in total. The van der Waals surface area contributed by atoms with Crippen LogP contribution in [0.5, 0.6) is 0 Å². The Morgan fingerprint density at radius 3 is 2.04 bits per heavy atom. The second kappa shape index (κ2) is 7.62. The molecule has 0 aliphatic heterocycles. The Morgan fingerprint density at radius 2 is 1.65 bits per heavy atom. The van der Waals surface area contributed by atoms with E-state index in [-0.39, 0.29) is 18.1 Å². The normalized spacial score (nSPS) is 14.2. The largest absolute Gasteiger partial charge is 0.479 e. The minimum atomic E-state index is -4.56. The summed E-state index contributed by atoms with van der Waals surface area (Å²) in [6.45, 7) is -0.199. The molecule has 0 aliphatic rings. The lowest BCUT2D eigenvalue weighted by Crippen LogP contribution is -2.48. The molecule has 10 heteroatoms. The van der Waals surface area contributed by atoms with Crippen LogP contribution < -0.4 is 4.90 Å². The first-order valence-corrected chi connectivity index (χ1v) is 6.76. The Labute approximate surface area is 133 Å². The number of benzene rings is 1. The molecule has 1 rings (SSSR count). The molecular formula is C13H13ClF3NO5. The molecule has 0 saturated carbocycles. The first-order valence-electron chi connectivity index (χ1n) is 6.23. The van der Waals surface area contributed by atoms with Crippen LogP contribution in [0.25, 0.3) is 0 Å². The number of carboxylic acid groups (broad SMARTS) is 1. The van der Waals surface area contributed by atoms with Crippen LogP contribution in [0, 0.1) is 0 Å². The van der Waals surface area contributed by atoms with Crippen LogP contribution >= 0.6 is 11.6 Å². The van der Waals surface area contributed by atoms with Gasteiger partial charge in [0.25, 0.3) is 5.91 Å². The zero-order valence-electron chi connectivity index (χ0n) is 11.5. The van der Waals surface area contributed by atoms with Gasteiger partial charge in [0.15, 0.2) is 12.2 Å². The van der Waals surface area contributed by atoms with Crippen LogP contribution in [0.3, 0.4) is 0 Å². The number of hydrogen-bond donors (Lipinski definition) is 3. The highest BCUT2D eigenvalue weighted by Crippen LogP contribution is 2.30. The van der Waals surface area contributed by atoms with Gasteiger partial charge >= 0.3 is 12.1 Å². The molecule has 128 valence electrons. The molecule has 2 atom stereocenters. The maximum atomic E-state index is 12.5. The van der Waals surface area contributed by atoms with Crippen LogP contribution in [-0.4, -0.2) is 51.8 Å². The number of anilines is 1. The van der Waals surface area contributed by atoms with Gasteiger partial charge in [-0.3, -0.25) is 4.79 Å². The Hall–Kier alpha value is -1.84. The molecule has 0 heterocycles. The highest BCUT2D eigenvalue weighted by Gasteiger charge is 2.34. The summed E-state index contributed by atoms with van der Waals surface area (Å²) in [4.78, 5) is 23.4. The summed E-state index contributed by atoms with van der Waals surface area (Å²) >= 11 is 5.51. The number of alkyl halides is 4. The standard InChI is InChI=1S/C13H13ClF3NO5/c14-5-6-18(11(21)9(19)10(20)12(22)23)8-3-1-7(2-4-8)13(15,16)17/h1-4,9-10,19-20H,5-6H2,(H,22,23)/t9-,10-/m1/s1. The molecule has 0 saturated heterocycles. The fraction of sp³-hybridized carbons (Fsp3) is 0.385. The van der Waals surface area contributed by atoms with Crippen LogP contribution in [0.4, 0.5) is 18.9 Å². The van der Waals surface area contributed by atoms with Gasteiger partial charge in [-0.05, 0) is 24.3 Å². The molecule has 0 spiro atoms. The number of amides is 1. The number of aliphatic hydroxyl groups is 2. The Morgan fingerprint density at radius 1 is 1.13 bits per heavy atom. The highest BCUT2D eigenvalue weighted by atomic mass is 35.5. The van der Waals surface area contributed by atoms with Crippen molar-refractivity contribution < 1.29 is 38.1 Å². The molecule has 1 amide bonds. The third-order valence-electron chi connectivity index (χ3n) is 2.89. The van der Waals surface area contributed by atoms with E-state index in [0.717, 1.165) is 29.2 Å². The molecule has 0 bridgehead atoms. The summed E-state index contributed by atoms with van der Waals surface area (Å²) in [7, 11) is 0. The van der Waals surface area contributed by atoms with Crippen molar-refractivity contribution in [3.05, 3.63) is 29.8 Å². The van der Waals surface area contributed by atoms with Crippen molar-refractivity contribution in [2.24, 2.45) is 0 Å². The summed E-state index contributed by atoms with van der Waals surface area (Å²) < 4.78 is 37.5. The first-order chi connectivity index (χ1) is 10.6. The van der Waals surface area contributed by atoms with Gasteiger partial charge < -0.3 is 20.2 Å². The second-order valence-electron chi connectivity index (χ2n) is 4.45. The Bertz CT molecular complexity index is 564. The number of carboxylic acids is 1. The molecule has 23 heavy (non-hydrogen) atoms. The predicted octanol–water partition coefficient (Wildman–Crippen LogP) is 1.08. The minimum Gasteiger partial charge on any atom is -0.479 e. The quantitative estimate of drug-likeness (QED) is 0.663. The Kier molecular flexibility index (Phi) is 6.37. The van der Waals surface area contributed by atoms with E-state index in [0.29, 0.717) is 0 Å². The van der Waals surface area contributed by atoms with Gasteiger partial charge in [-0.25, -0.2) is 4.79 Å². The number of aliphatic hydroxyl groups excluding tert-OH is 2. The number of nitrogens with zero attached hydrogens (tertiary/aromatic N) is 1. The molecule has 0 radical (unpaired) electrons. The third kappa shape index (κ3) is 4.81. The van der Waals surface area contributed by atoms with Crippen LogP contribution in [0.1, 0.15) is 5.56 Å². The van der Waals surface area contributed by atoms with E-state index in [1.165, 1.54) is 0 Å². The minimum absolute atomic E-state index is 0.0275. The smallest absolute Gasteiger partial charge is 0.416 e. The van der Waals surface area contributed by atoms with E-state index in [4.69, 9.17) is 16.7 Å². The molecule has 6 nitrogen and oxygen atoms in total. The third-order valence-corrected chi connectivity index (χ3v) is 3.05. The summed E-state index contributed by atoms with van der Waals surface area (Å²) in [5.41, 5.74) is -0.967. The van der Waals surface area contributed by atoms with Gasteiger partial charge in [0.2, 0.25) is 0 Å². The van der Waals surface area contributed by atoms with E-state index in [1.54, 1.807) is 0 Å². The summed E-state index contributed by atoms with van der Waals surface area (Å²) in [5, 5.41) is 27.3. The van der Waals surface area contributed by atoms with Gasteiger partial charge in [-0.15, -0.1) is 11.6 Å². The summed E-state index contributed by atoms with van der Waals surface area (Å²) in [6.07, 6.45) is -9.20. The lowest BCUT2D eigenvalue weighted by Gasteiger charge is -2.25. The molecule has 0 aliphatic carbocycles. The zero-order valence-corrected chi connectivity index (χ0v) is 12.3. The summed E-state index contributed by atoms with van der Waals surface area (Å²) in [6, 6.07) is 3.41. The van der Waals surface area contributed by atoms with Gasteiger partial charge in [0.1, 0.15) is 0 Å². The maximum absolute atomic E-state index is 12.5. The predicted molar refractivity (Wildman–Crippen MR) is 74.2 cm³/mol. The van der Waals surface area contributed by atoms with Crippen molar-refractivity contribution in [3.63, 3.8) is 0 Å². The van der Waals surface area contributed by atoms with Crippen molar-refractivity contribution in [1.29, 1.82) is 0 Å². The van der Waals surface area contributed by atoms with Gasteiger partial charge in [-0.1, -0.05) is 0 Å². The van der Waals surface area contributed by atoms with E-state index in [1.807, 2.05) is 0 Å². The van der Waals surface area contributed by atoms with Crippen molar-refractivity contribution in [3.8, 4) is 0 Å². The van der Waals surface area contributed by atoms with Gasteiger partial charge in [-0.2, -0.15) is 13.2 Å². The topological polar surface area (TPSA) is 98.1 Å².